The first kappa shape index (κ1) is 11.7. The number of carboxylic acids is 1. The van der Waals surface area contributed by atoms with E-state index in [1.54, 1.807) is 13.0 Å². The van der Waals surface area contributed by atoms with Gasteiger partial charge in [-0.3, -0.25) is 4.98 Å². The van der Waals surface area contributed by atoms with Crippen LogP contribution in [0.4, 0.5) is 0 Å². The highest BCUT2D eigenvalue weighted by molar-refractivity contribution is 5.89. The lowest BCUT2D eigenvalue weighted by Gasteiger charge is -2.25. The maximum Gasteiger partial charge on any atom is 0.337 e. The van der Waals surface area contributed by atoms with E-state index in [4.69, 9.17) is 9.84 Å². The molecule has 0 spiro atoms. The summed E-state index contributed by atoms with van der Waals surface area (Å²) >= 11 is 0. The molecule has 4 heteroatoms. The van der Waals surface area contributed by atoms with Crippen molar-refractivity contribution in [1.29, 1.82) is 0 Å². The molecular formula is C15H13NO3. The molecular weight excluding hydrogens is 242 g/mol. The molecule has 2 heterocycles. The van der Waals surface area contributed by atoms with Crippen molar-refractivity contribution in [3.63, 3.8) is 0 Å². The van der Waals surface area contributed by atoms with Crippen molar-refractivity contribution < 1.29 is 14.6 Å². The minimum absolute atomic E-state index is 0.0986. The van der Waals surface area contributed by atoms with Crippen LogP contribution >= 0.6 is 0 Å². The molecule has 0 saturated carbocycles. The van der Waals surface area contributed by atoms with Crippen molar-refractivity contribution in [2.24, 2.45) is 0 Å². The van der Waals surface area contributed by atoms with E-state index in [-0.39, 0.29) is 11.5 Å². The van der Waals surface area contributed by atoms with Gasteiger partial charge in [0.1, 0.15) is 11.5 Å². The Morgan fingerprint density at radius 2 is 2.05 bits per heavy atom. The normalized spacial score (nSPS) is 16.2. The number of hydrogen-bond donors (Lipinski definition) is 1. The molecule has 1 N–H and O–H groups in total. The quantitative estimate of drug-likeness (QED) is 0.849. The summed E-state index contributed by atoms with van der Waals surface area (Å²) in [5.41, 5.74) is 2.57. The first-order chi connectivity index (χ1) is 9.08. The fourth-order valence-electron chi connectivity index (χ4n) is 2.41. The van der Waals surface area contributed by atoms with Crippen LogP contribution in [0, 0.1) is 6.92 Å². The van der Waals surface area contributed by atoms with Crippen LogP contribution in [0.1, 0.15) is 40.2 Å². The first-order valence-corrected chi connectivity index (χ1v) is 6.09. The van der Waals surface area contributed by atoms with Gasteiger partial charge in [-0.05, 0) is 19.1 Å². The molecule has 1 atom stereocenters. The number of aromatic carboxylic acids is 1. The van der Waals surface area contributed by atoms with Crippen molar-refractivity contribution in [1.82, 2.24) is 4.98 Å². The van der Waals surface area contributed by atoms with Gasteiger partial charge in [0.05, 0.1) is 17.0 Å². The Hall–Kier alpha value is -2.36. The third-order valence-corrected chi connectivity index (χ3v) is 3.45. The van der Waals surface area contributed by atoms with Crippen LogP contribution in [0.3, 0.4) is 0 Å². The summed E-state index contributed by atoms with van der Waals surface area (Å²) in [6.45, 7) is 3.75. The number of carbonyl (C=O) groups is 1. The number of aryl methyl sites for hydroxylation is 1. The van der Waals surface area contributed by atoms with Gasteiger partial charge in [0.15, 0.2) is 0 Å². The van der Waals surface area contributed by atoms with Crippen LogP contribution in [-0.4, -0.2) is 16.1 Å². The lowest BCUT2D eigenvalue weighted by Crippen LogP contribution is -2.13. The molecule has 0 fully saturated rings. The van der Waals surface area contributed by atoms with Crippen molar-refractivity contribution in [2.75, 3.05) is 0 Å². The number of carboxylic acid groups (broad SMARTS) is 1. The predicted octanol–water partition coefficient (Wildman–Crippen LogP) is 3.35. The second-order valence-electron chi connectivity index (χ2n) is 4.67. The molecule has 1 aromatic carbocycles. The molecule has 0 radical (unpaired) electrons. The zero-order valence-electron chi connectivity index (χ0n) is 10.7. The highest BCUT2D eigenvalue weighted by atomic mass is 16.5. The second kappa shape index (κ2) is 4.09. The minimum Gasteiger partial charge on any atom is -0.478 e. The Morgan fingerprint density at radius 1 is 1.32 bits per heavy atom. The zero-order chi connectivity index (χ0) is 13.6. The maximum atomic E-state index is 11.1. The molecule has 0 amide bonds. The number of fused-ring (bicyclic) bond motifs is 2. The summed E-state index contributed by atoms with van der Waals surface area (Å²) in [6, 6.07) is 9.31. The molecule has 96 valence electrons. The van der Waals surface area contributed by atoms with Gasteiger partial charge in [-0.25, -0.2) is 4.79 Å². The molecule has 0 saturated heterocycles. The number of rotatable bonds is 1. The van der Waals surface area contributed by atoms with E-state index in [0.29, 0.717) is 11.4 Å². The monoisotopic (exact) mass is 255 g/mol. The fourth-order valence-corrected chi connectivity index (χ4v) is 2.41. The SMILES string of the molecule is Cc1nc2c(cc1C(=O)O)Oc1ccccc1C2C. The number of ether oxygens (including phenoxy) is 1. The van der Waals surface area contributed by atoms with E-state index < -0.39 is 5.97 Å². The molecule has 2 aromatic rings. The molecule has 1 aliphatic heterocycles. The molecule has 1 aliphatic rings. The molecule has 4 nitrogen and oxygen atoms in total. The van der Waals surface area contributed by atoms with Crippen LogP contribution in [0.2, 0.25) is 0 Å². The van der Waals surface area contributed by atoms with E-state index in [2.05, 4.69) is 4.98 Å². The number of nitrogens with zero attached hydrogens (tertiary/aromatic N) is 1. The Bertz CT molecular complexity index is 679. The summed E-state index contributed by atoms with van der Waals surface area (Å²) in [5.74, 6) is 0.420. The van der Waals surface area contributed by atoms with Crippen LogP contribution in [0.5, 0.6) is 11.5 Å². The van der Waals surface area contributed by atoms with Crippen LogP contribution < -0.4 is 4.74 Å². The van der Waals surface area contributed by atoms with Gasteiger partial charge in [-0.2, -0.15) is 0 Å². The van der Waals surface area contributed by atoms with Crippen molar-refractivity contribution >= 4 is 5.97 Å². The van der Waals surface area contributed by atoms with Gasteiger partial charge in [-0.1, -0.05) is 25.1 Å². The average Bonchev–Trinajstić information content (AvgIpc) is 2.39. The fraction of sp³-hybridized carbons (Fsp3) is 0.200. The zero-order valence-corrected chi connectivity index (χ0v) is 10.7. The Kier molecular flexibility index (Phi) is 2.52. The highest BCUT2D eigenvalue weighted by Gasteiger charge is 2.27. The van der Waals surface area contributed by atoms with E-state index >= 15 is 0 Å². The number of benzene rings is 1. The average molecular weight is 255 g/mol. The summed E-state index contributed by atoms with van der Waals surface area (Å²) in [7, 11) is 0. The lowest BCUT2D eigenvalue weighted by molar-refractivity contribution is 0.0695. The van der Waals surface area contributed by atoms with Gasteiger partial charge in [0.25, 0.3) is 0 Å². The van der Waals surface area contributed by atoms with Gasteiger partial charge < -0.3 is 9.84 Å². The summed E-state index contributed by atoms with van der Waals surface area (Å²) in [5, 5.41) is 9.13. The standard InChI is InChI=1S/C15H13NO3/c1-8-10-5-3-4-6-12(10)19-13-7-11(15(17)18)9(2)16-14(8)13/h3-8H,1-2H3,(H,17,18). The van der Waals surface area contributed by atoms with Crippen molar-refractivity contribution in [3.8, 4) is 11.5 Å². The molecule has 0 bridgehead atoms. The Balaban J connectivity index is 2.18. The van der Waals surface area contributed by atoms with Crippen LogP contribution in [-0.2, 0) is 0 Å². The van der Waals surface area contributed by atoms with E-state index in [0.717, 1.165) is 17.0 Å². The molecule has 19 heavy (non-hydrogen) atoms. The number of aromatic nitrogens is 1. The molecule has 1 aromatic heterocycles. The van der Waals surface area contributed by atoms with Gasteiger partial charge in [0.2, 0.25) is 0 Å². The van der Waals surface area contributed by atoms with Crippen molar-refractivity contribution in [2.45, 2.75) is 19.8 Å². The topological polar surface area (TPSA) is 59.4 Å². The smallest absolute Gasteiger partial charge is 0.337 e. The highest BCUT2D eigenvalue weighted by Crippen LogP contribution is 2.43. The van der Waals surface area contributed by atoms with E-state index in [1.807, 2.05) is 31.2 Å². The van der Waals surface area contributed by atoms with Crippen molar-refractivity contribution in [3.05, 3.63) is 52.8 Å². The van der Waals surface area contributed by atoms with Crippen LogP contribution in [0.25, 0.3) is 0 Å². The Labute approximate surface area is 110 Å². The first-order valence-electron chi connectivity index (χ1n) is 6.09. The summed E-state index contributed by atoms with van der Waals surface area (Å²) in [4.78, 5) is 15.5. The van der Waals surface area contributed by atoms with Gasteiger partial charge in [0, 0.05) is 11.5 Å². The third kappa shape index (κ3) is 1.76. The largest absolute Gasteiger partial charge is 0.478 e. The molecule has 3 rings (SSSR count). The predicted molar refractivity (Wildman–Crippen MR) is 70.0 cm³/mol. The second-order valence-corrected chi connectivity index (χ2v) is 4.67. The Morgan fingerprint density at radius 3 is 2.79 bits per heavy atom. The van der Waals surface area contributed by atoms with Gasteiger partial charge in [-0.15, -0.1) is 0 Å². The maximum absolute atomic E-state index is 11.1. The summed E-state index contributed by atoms with van der Waals surface area (Å²) in [6.07, 6.45) is 0. The van der Waals surface area contributed by atoms with E-state index in [9.17, 15) is 4.79 Å². The molecule has 0 aliphatic carbocycles. The number of para-hydroxylation sites is 1. The van der Waals surface area contributed by atoms with Crippen LogP contribution in [0.15, 0.2) is 30.3 Å². The third-order valence-electron chi connectivity index (χ3n) is 3.45. The number of hydrogen-bond acceptors (Lipinski definition) is 3. The van der Waals surface area contributed by atoms with Gasteiger partial charge >= 0.3 is 5.97 Å². The van der Waals surface area contributed by atoms with E-state index in [1.165, 1.54) is 0 Å². The summed E-state index contributed by atoms with van der Waals surface area (Å²) < 4.78 is 5.77. The minimum atomic E-state index is -0.983. The lowest BCUT2D eigenvalue weighted by atomic mass is 9.93. The molecule has 1 unspecified atom stereocenters. The number of pyridine rings is 1.